The minimum atomic E-state index is -0.180. The minimum absolute atomic E-state index is 0.0520. The molecule has 4 nitrogen and oxygen atoms in total. The molecule has 0 aromatic rings. The maximum atomic E-state index is 11.4. The van der Waals surface area contributed by atoms with Gasteiger partial charge in [-0.25, -0.2) is 0 Å². The second kappa shape index (κ2) is 5.42. The average Bonchev–Trinajstić information content (AvgIpc) is 2.11. The van der Waals surface area contributed by atoms with Crippen molar-refractivity contribution in [2.45, 2.75) is 20.8 Å². The van der Waals surface area contributed by atoms with Gasteiger partial charge in [0.1, 0.15) is 0 Å². The molecule has 14 heavy (non-hydrogen) atoms. The van der Waals surface area contributed by atoms with Gasteiger partial charge in [-0.2, -0.15) is 0 Å². The van der Waals surface area contributed by atoms with E-state index in [1.54, 1.807) is 21.0 Å². The van der Waals surface area contributed by atoms with Crippen molar-refractivity contribution in [3.05, 3.63) is 11.1 Å². The number of carbonyl (C=O) groups is 2. The Labute approximate surface area is 85.0 Å². The van der Waals surface area contributed by atoms with Crippen LogP contribution in [-0.4, -0.2) is 37.4 Å². The van der Waals surface area contributed by atoms with Crippen LogP contribution in [0.15, 0.2) is 11.1 Å². The summed E-state index contributed by atoms with van der Waals surface area (Å²) in [6.45, 7) is 5.52. The van der Waals surface area contributed by atoms with Crippen molar-refractivity contribution in [2.75, 3.05) is 20.6 Å². The highest BCUT2D eigenvalue weighted by Gasteiger charge is 2.08. The van der Waals surface area contributed by atoms with E-state index in [2.05, 4.69) is 5.32 Å². The summed E-state index contributed by atoms with van der Waals surface area (Å²) in [6, 6.07) is 0. The fourth-order valence-corrected chi connectivity index (χ4v) is 0.674. The van der Waals surface area contributed by atoms with Crippen LogP contribution in [0.3, 0.4) is 0 Å². The van der Waals surface area contributed by atoms with E-state index in [0.717, 1.165) is 5.57 Å². The van der Waals surface area contributed by atoms with E-state index < -0.39 is 0 Å². The molecule has 0 aliphatic carbocycles. The van der Waals surface area contributed by atoms with E-state index in [1.807, 2.05) is 13.8 Å². The molecule has 0 heterocycles. The highest BCUT2D eigenvalue weighted by Crippen LogP contribution is 2.00. The molecule has 0 unspecified atom stereocenters. The molecule has 0 saturated heterocycles. The van der Waals surface area contributed by atoms with Crippen LogP contribution in [0.4, 0.5) is 0 Å². The van der Waals surface area contributed by atoms with Gasteiger partial charge in [0.05, 0.1) is 6.54 Å². The third-order valence-electron chi connectivity index (χ3n) is 1.99. The number of rotatable bonds is 3. The van der Waals surface area contributed by atoms with Crippen LogP contribution in [0.2, 0.25) is 0 Å². The van der Waals surface area contributed by atoms with E-state index in [-0.39, 0.29) is 18.4 Å². The Morgan fingerprint density at radius 1 is 1.14 bits per heavy atom. The van der Waals surface area contributed by atoms with Gasteiger partial charge in [0.25, 0.3) is 0 Å². The van der Waals surface area contributed by atoms with Crippen molar-refractivity contribution < 1.29 is 9.59 Å². The minimum Gasteiger partial charge on any atom is -0.347 e. The molecule has 0 aliphatic rings. The SMILES string of the molecule is CC(C)=C(C)C(=O)NCC(=O)N(C)C. The summed E-state index contributed by atoms with van der Waals surface area (Å²) in [6.07, 6.45) is 0. The normalized spacial score (nSPS) is 9.21. The number of nitrogens with one attached hydrogen (secondary N) is 1. The molecular weight excluding hydrogens is 180 g/mol. The first kappa shape index (κ1) is 12.7. The van der Waals surface area contributed by atoms with Crippen LogP contribution >= 0.6 is 0 Å². The summed E-state index contributed by atoms with van der Waals surface area (Å²) in [4.78, 5) is 23.9. The molecule has 0 bridgehead atoms. The third kappa shape index (κ3) is 4.07. The van der Waals surface area contributed by atoms with E-state index in [0.29, 0.717) is 5.57 Å². The molecule has 2 amide bonds. The zero-order valence-corrected chi connectivity index (χ0v) is 9.47. The van der Waals surface area contributed by atoms with Gasteiger partial charge in [0.2, 0.25) is 11.8 Å². The number of carbonyl (C=O) groups excluding carboxylic acids is 2. The molecule has 0 fully saturated rings. The van der Waals surface area contributed by atoms with Crippen molar-refractivity contribution in [1.29, 1.82) is 0 Å². The Morgan fingerprint density at radius 3 is 2.00 bits per heavy atom. The predicted octanol–water partition coefficient (Wildman–Crippen LogP) is 0.547. The molecule has 0 atom stereocenters. The standard InChI is InChI=1S/C10H18N2O2/c1-7(2)8(3)10(14)11-6-9(13)12(4)5/h6H2,1-5H3,(H,11,14). The monoisotopic (exact) mass is 198 g/mol. The average molecular weight is 198 g/mol. The molecule has 0 radical (unpaired) electrons. The van der Waals surface area contributed by atoms with Crippen LogP contribution in [0.25, 0.3) is 0 Å². The lowest BCUT2D eigenvalue weighted by atomic mass is 10.1. The van der Waals surface area contributed by atoms with Gasteiger partial charge in [-0.3, -0.25) is 9.59 Å². The molecule has 4 heteroatoms. The fourth-order valence-electron chi connectivity index (χ4n) is 0.674. The van der Waals surface area contributed by atoms with Gasteiger partial charge in [0, 0.05) is 19.7 Å². The highest BCUT2D eigenvalue weighted by atomic mass is 16.2. The van der Waals surface area contributed by atoms with E-state index >= 15 is 0 Å². The van der Waals surface area contributed by atoms with Gasteiger partial charge < -0.3 is 10.2 Å². The Balaban J connectivity index is 4.12. The molecule has 0 spiro atoms. The van der Waals surface area contributed by atoms with Crippen molar-refractivity contribution in [3.63, 3.8) is 0 Å². The van der Waals surface area contributed by atoms with Gasteiger partial charge in [-0.15, -0.1) is 0 Å². The van der Waals surface area contributed by atoms with Gasteiger partial charge in [-0.05, 0) is 20.8 Å². The first-order chi connectivity index (χ1) is 6.36. The van der Waals surface area contributed by atoms with Gasteiger partial charge >= 0.3 is 0 Å². The van der Waals surface area contributed by atoms with Crippen molar-refractivity contribution in [3.8, 4) is 0 Å². The van der Waals surface area contributed by atoms with E-state index in [4.69, 9.17) is 0 Å². The second-order valence-electron chi connectivity index (χ2n) is 3.60. The number of amides is 2. The summed E-state index contributed by atoms with van der Waals surface area (Å²) < 4.78 is 0. The van der Waals surface area contributed by atoms with Crippen LogP contribution in [0.1, 0.15) is 20.8 Å². The van der Waals surface area contributed by atoms with E-state index in [9.17, 15) is 9.59 Å². The van der Waals surface area contributed by atoms with Crippen LogP contribution in [0, 0.1) is 0 Å². The highest BCUT2D eigenvalue weighted by molar-refractivity contribution is 5.95. The maximum Gasteiger partial charge on any atom is 0.247 e. The molecule has 1 N–H and O–H groups in total. The number of hydrogen-bond acceptors (Lipinski definition) is 2. The number of nitrogens with zero attached hydrogens (tertiary/aromatic N) is 1. The maximum absolute atomic E-state index is 11.4. The quantitative estimate of drug-likeness (QED) is 0.673. The first-order valence-corrected chi connectivity index (χ1v) is 4.48. The lowest BCUT2D eigenvalue weighted by Gasteiger charge is -2.11. The summed E-state index contributed by atoms with van der Waals surface area (Å²) in [5.74, 6) is -0.292. The van der Waals surface area contributed by atoms with Crippen molar-refractivity contribution >= 4 is 11.8 Å². The molecule has 0 aliphatic heterocycles. The van der Waals surface area contributed by atoms with Crippen LogP contribution in [0.5, 0.6) is 0 Å². The molecule has 0 aromatic heterocycles. The summed E-state index contributed by atoms with van der Waals surface area (Å²) in [5.41, 5.74) is 1.62. The second-order valence-corrected chi connectivity index (χ2v) is 3.60. The van der Waals surface area contributed by atoms with Crippen molar-refractivity contribution in [2.24, 2.45) is 0 Å². The van der Waals surface area contributed by atoms with Gasteiger partial charge in [0.15, 0.2) is 0 Å². The smallest absolute Gasteiger partial charge is 0.247 e. The number of hydrogen-bond donors (Lipinski definition) is 1. The Bertz CT molecular complexity index is 263. The molecule has 0 saturated carbocycles. The lowest BCUT2D eigenvalue weighted by molar-refractivity contribution is -0.130. The first-order valence-electron chi connectivity index (χ1n) is 4.48. The largest absolute Gasteiger partial charge is 0.347 e. The lowest BCUT2D eigenvalue weighted by Crippen LogP contribution is -2.36. The molecule has 80 valence electrons. The van der Waals surface area contributed by atoms with Gasteiger partial charge in [-0.1, -0.05) is 5.57 Å². The molecule has 0 rings (SSSR count). The zero-order chi connectivity index (χ0) is 11.3. The van der Waals surface area contributed by atoms with E-state index in [1.165, 1.54) is 4.90 Å². The Kier molecular flexibility index (Phi) is 4.91. The summed E-state index contributed by atoms with van der Waals surface area (Å²) in [5, 5.41) is 2.56. The fraction of sp³-hybridized carbons (Fsp3) is 0.600. The summed E-state index contributed by atoms with van der Waals surface area (Å²) in [7, 11) is 3.31. The Morgan fingerprint density at radius 2 is 1.64 bits per heavy atom. The topological polar surface area (TPSA) is 49.4 Å². The molecule has 0 aromatic carbocycles. The predicted molar refractivity (Wildman–Crippen MR) is 55.8 cm³/mol. The Hall–Kier alpha value is -1.32. The number of allylic oxidation sites excluding steroid dienone is 1. The van der Waals surface area contributed by atoms with Crippen LogP contribution < -0.4 is 5.32 Å². The third-order valence-corrected chi connectivity index (χ3v) is 1.99. The zero-order valence-electron chi connectivity index (χ0n) is 9.47. The van der Waals surface area contributed by atoms with Crippen LogP contribution in [-0.2, 0) is 9.59 Å². The number of likely N-dealkylation sites (N-methyl/N-ethyl adjacent to an activating group) is 1. The molecular formula is C10H18N2O2. The summed E-state index contributed by atoms with van der Waals surface area (Å²) >= 11 is 0. The van der Waals surface area contributed by atoms with Crippen molar-refractivity contribution in [1.82, 2.24) is 10.2 Å².